The highest BCUT2D eigenvalue weighted by molar-refractivity contribution is 4.62. The van der Waals surface area contributed by atoms with Gasteiger partial charge in [-0.05, 0) is 13.3 Å². The number of ether oxygens (including phenoxy) is 1. The molecule has 1 atom stereocenters. The Labute approximate surface area is 76.5 Å². The van der Waals surface area contributed by atoms with E-state index in [4.69, 9.17) is 4.74 Å². The second kappa shape index (κ2) is 6.21. The third kappa shape index (κ3) is 9.63. The number of methoxy groups -OCH3 is 1. The van der Waals surface area contributed by atoms with Crippen LogP contribution in [0.3, 0.4) is 0 Å². The molecule has 0 aromatic rings. The fraction of sp³-hybridized carbons (Fsp3) is 1.00. The smallest absolute Gasteiger partial charge is 0.385 e. The van der Waals surface area contributed by atoms with Crippen LogP contribution >= 0.6 is 0 Å². The SMILES string of the molecule is COCCC(C)NCCC(F)(F)F. The Morgan fingerprint density at radius 1 is 1.38 bits per heavy atom. The van der Waals surface area contributed by atoms with Gasteiger partial charge >= 0.3 is 6.18 Å². The highest BCUT2D eigenvalue weighted by Crippen LogP contribution is 2.18. The van der Waals surface area contributed by atoms with Gasteiger partial charge in [0.1, 0.15) is 0 Å². The molecule has 80 valence electrons. The third-order valence-corrected chi connectivity index (χ3v) is 1.66. The topological polar surface area (TPSA) is 21.3 Å². The highest BCUT2D eigenvalue weighted by Gasteiger charge is 2.26. The molecule has 0 bridgehead atoms. The largest absolute Gasteiger partial charge is 0.390 e. The molecule has 0 radical (unpaired) electrons. The first kappa shape index (κ1) is 12.7. The molecule has 0 aliphatic heterocycles. The lowest BCUT2D eigenvalue weighted by Crippen LogP contribution is -2.30. The predicted octanol–water partition coefficient (Wildman–Crippen LogP) is 1.95. The van der Waals surface area contributed by atoms with Gasteiger partial charge in [0, 0.05) is 26.3 Å². The minimum atomic E-state index is -4.06. The van der Waals surface area contributed by atoms with E-state index in [0.29, 0.717) is 6.61 Å². The monoisotopic (exact) mass is 199 g/mol. The van der Waals surface area contributed by atoms with E-state index in [0.717, 1.165) is 6.42 Å². The summed E-state index contributed by atoms with van der Waals surface area (Å²) in [6, 6.07) is 0.0716. The van der Waals surface area contributed by atoms with Gasteiger partial charge in [0.25, 0.3) is 0 Å². The zero-order valence-electron chi connectivity index (χ0n) is 7.95. The van der Waals surface area contributed by atoms with Gasteiger partial charge in [-0.25, -0.2) is 0 Å². The average Bonchev–Trinajstić information content (AvgIpc) is 1.98. The van der Waals surface area contributed by atoms with Crippen molar-refractivity contribution in [1.29, 1.82) is 0 Å². The molecule has 0 amide bonds. The lowest BCUT2D eigenvalue weighted by Gasteiger charge is -2.13. The van der Waals surface area contributed by atoms with Gasteiger partial charge in [0.2, 0.25) is 0 Å². The van der Waals surface area contributed by atoms with E-state index in [2.05, 4.69) is 5.32 Å². The van der Waals surface area contributed by atoms with Gasteiger partial charge < -0.3 is 10.1 Å². The van der Waals surface area contributed by atoms with Gasteiger partial charge in [-0.1, -0.05) is 0 Å². The lowest BCUT2D eigenvalue weighted by atomic mass is 10.2. The summed E-state index contributed by atoms with van der Waals surface area (Å²) >= 11 is 0. The van der Waals surface area contributed by atoms with Crippen LogP contribution in [0.2, 0.25) is 0 Å². The molecule has 0 aromatic carbocycles. The standard InChI is InChI=1S/C8H16F3NO/c1-7(3-6-13-2)12-5-4-8(9,10)11/h7,12H,3-6H2,1-2H3. The number of rotatable bonds is 6. The van der Waals surface area contributed by atoms with Crippen LogP contribution < -0.4 is 5.32 Å². The second-order valence-electron chi connectivity index (χ2n) is 3.00. The fourth-order valence-corrected chi connectivity index (χ4v) is 0.857. The van der Waals surface area contributed by atoms with Crippen LogP contribution in [0.4, 0.5) is 13.2 Å². The molecular formula is C8H16F3NO. The maximum atomic E-state index is 11.7. The molecule has 0 spiro atoms. The maximum Gasteiger partial charge on any atom is 0.390 e. The van der Waals surface area contributed by atoms with Crippen LogP contribution in [-0.4, -0.2) is 32.5 Å². The summed E-state index contributed by atoms with van der Waals surface area (Å²) in [5, 5.41) is 2.77. The Balaban J connectivity index is 3.31. The molecule has 0 fully saturated rings. The molecule has 13 heavy (non-hydrogen) atoms. The van der Waals surface area contributed by atoms with E-state index < -0.39 is 12.6 Å². The molecule has 0 aromatic heterocycles. The molecule has 0 rings (SSSR count). The predicted molar refractivity (Wildman–Crippen MR) is 44.6 cm³/mol. The quantitative estimate of drug-likeness (QED) is 0.706. The number of halogens is 3. The van der Waals surface area contributed by atoms with Crippen molar-refractivity contribution in [3.8, 4) is 0 Å². The number of nitrogens with one attached hydrogen (secondary N) is 1. The summed E-state index contributed by atoms with van der Waals surface area (Å²) in [6.07, 6.45) is -4.10. The van der Waals surface area contributed by atoms with Gasteiger partial charge in [-0.2, -0.15) is 13.2 Å². The summed E-state index contributed by atoms with van der Waals surface area (Å²) in [5.74, 6) is 0. The van der Waals surface area contributed by atoms with Crippen LogP contribution in [0.25, 0.3) is 0 Å². The van der Waals surface area contributed by atoms with Crippen molar-refractivity contribution in [3.63, 3.8) is 0 Å². The molecule has 0 aliphatic carbocycles. The van der Waals surface area contributed by atoms with Gasteiger partial charge in [0.15, 0.2) is 0 Å². The van der Waals surface area contributed by atoms with Gasteiger partial charge in [-0.3, -0.25) is 0 Å². The van der Waals surface area contributed by atoms with E-state index in [1.807, 2.05) is 6.92 Å². The van der Waals surface area contributed by atoms with Crippen LogP contribution in [-0.2, 0) is 4.74 Å². The van der Waals surface area contributed by atoms with E-state index in [1.165, 1.54) is 0 Å². The van der Waals surface area contributed by atoms with E-state index in [9.17, 15) is 13.2 Å². The van der Waals surface area contributed by atoms with Crippen LogP contribution in [0.1, 0.15) is 19.8 Å². The molecule has 0 saturated carbocycles. The van der Waals surface area contributed by atoms with Crippen molar-refractivity contribution in [1.82, 2.24) is 5.32 Å². The summed E-state index contributed by atoms with van der Waals surface area (Å²) < 4.78 is 39.9. The fourth-order valence-electron chi connectivity index (χ4n) is 0.857. The Morgan fingerprint density at radius 3 is 2.46 bits per heavy atom. The first-order chi connectivity index (χ1) is 5.95. The van der Waals surface area contributed by atoms with Crippen molar-refractivity contribution in [2.45, 2.75) is 32.0 Å². The zero-order valence-corrected chi connectivity index (χ0v) is 7.95. The Bertz CT molecular complexity index is 127. The minimum Gasteiger partial charge on any atom is -0.385 e. The molecule has 1 unspecified atom stereocenters. The summed E-state index contributed by atoms with van der Waals surface area (Å²) in [4.78, 5) is 0. The molecule has 2 nitrogen and oxygen atoms in total. The van der Waals surface area contributed by atoms with Crippen molar-refractivity contribution in [2.24, 2.45) is 0 Å². The van der Waals surface area contributed by atoms with Gasteiger partial charge in [-0.15, -0.1) is 0 Å². The number of hydrogen-bond acceptors (Lipinski definition) is 2. The Morgan fingerprint density at radius 2 is 2.00 bits per heavy atom. The molecular weight excluding hydrogens is 183 g/mol. The summed E-state index contributed by atoms with van der Waals surface area (Å²) in [6.45, 7) is 2.39. The van der Waals surface area contributed by atoms with Crippen molar-refractivity contribution >= 4 is 0 Å². The van der Waals surface area contributed by atoms with Crippen molar-refractivity contribution in [2.75, 3.05) is 20.3 Å². The summed E-state index contributed by atoms with van der Waals surface area (Å²) in [5.41, 5.74) is 0. The molecule has 5 heteroatoms. The zero-order chi connectivity index (χ0) is 10.3. The van der Waals surface area contributed by atoms with Crippen molar-refractivity contribution in [3.05, 3.63) is 0 Å². The average molecular weight is 199 g/mol. The molecule has 0 heterocycles. The van der Waals surface area contributed by atoms with Crippen LogP contribution in [0.15, 0.2) is 0 Å². The third-order valence-electron chi connectivity index (χ3n) is 1.66. The van der Waals surface area contributed by atoms with Gasteiger partial charge in [0.05, 0.1) is 6.42 Å². The first-order valence-electron chi connectivity index (χ1n) is 4.25. The normalized spacial score (nSPS) is 14.5. The van der Waals surface area contributed by atoms with E-state index >= 15 is 0 Å². The number of hydrogen-bond donors (Lipinski definition) is 1. The van der Waals surface area contributed by atoms with E-state index in [-0.39, 0.29) is 12.6 Å². The highest BCUT2D eigenvalue weighted by atomic mass is 19.4. The molecule has 1 N–H and O–H groups in total. The van der Waals surface area contributed by atoms with Crippen LogP contribution in [0, 0.1) is 0 Å². The number of alkyl halides is 3. The lowest BCUT2D eigenvalue weighted by molar-refractivity contribution is -0.133. The first-order valence-corrected chi connectivity index (χ1v) is 4.25. The minimum absolute atomic E-state index is 0.0195. The molecule has 0 aliphatic rings. The molecule has 0 saturated heterocycles. The van der Waals surface area contributed by atoms with E-state index in [1.54, 1.807) is 7.11 Å². The summed E-state index contributed by atoms with van der Waals surface area (Å²) in [7, 11) is 1.57. The van der Waals surface area contributed by atoms with Crippen molar-refractivity contribution < 1.29 is 17.9 Å². The van der Waals surface area contributed by atoms with Crippen LogP contribution in [0.5, 0.6) is 0 Å². The maximum absolute atomic E-state index is 11.7. The second-order valence-corrected chi connectivity index (χ2v) is 3.00. The Kier molecular flexibility index (Phi) is 6.07. The Hall–Kier alpha value is -0.290.